The summed E-state index contributed by atoms with van der Waals surface area (Å²) in [5.74, 6) is -0.485. The van der Waals surface area contributed by atoms with Crippen LogP contribution in [-0.4, -0.2) is 17.8 Å². The highest BCUT2D eigenvalue weighted by atomic mass is 35.5. The number of anilines is 1. The molecule has 0 aromatic heterocycles. The molecule has 118 valence electrons. The number of nitrogens with zero attached hydrogens (tertiary/aromatic N) is 2. The Labute approximate surface area is 137 Å². The van der Waals surface area contributed by atoms with E-state index in [0.29, 0.717) is 22.0 Å². The van der Waals surface area contributed by atoms with Crippen LogP contribution in [0.3, 0.4) is 0 Å². The molecule has 0 aliphatic carbocycles. The standard InChI is InChI=1S/C15H15ClN6O/c16-10-3-1-2-9(8-10)13(23)20-11-4-6-12(7-5-11)21-15(19)22-14(17)18/h1-8H,(H,20,23)(H6,17,18,19,21,22). The maximum atomic E-state index is 12.1. The van der Waals surface area contributed by atoms with E-state index < -0.39 is 0 Å². The van der Waals surface area contributed by atoms with Crippen molar-refractivity contribution >= 4 is 40.8 Å². The van der Waals surface area contributed by atoms with Gasteiger partial charge in [0.05, 0.1) is 5.69 Å². The molecule has 0 radical (unpaired) electrons. The van der Waals surface area contributed by atoms with E-state index in [0.717, 1.165) is 0 Å². The molecule has 0 bridgehead atoms. The van der Waals surface area contributed by atoms with Crippen LogP contribution in [0.15, 0.2) is 58.5 Å². The van der Waals surface area contributed by atoms with E-state index in [4.69, 9.17) is 28.8 Å². The van der Waals surface area contributed by atoms with Gasteiger partial charge in [-0.05, 0) is 42.5 Å². The van der Waals surface area contributed by atoms with E-state index in [1.165, 1.54) is 0 Å². The lowest BCUT2D eigenvalue weighted by Gasteiger charge is -2.06. The van der Waals surface area contributed by atoms with Crippen molar-refractivity contribution in [2.45, 2.75) is 0 Å². The lowest BCUT2D eigenvalue weighted by atomic mass is 10.2. The molecule has 0 aliphatic rings. The molecule has 1 amide bonds. The van der Waals surface area contributed by atoms with Gasteiger partial charge in [-0.25, -0.2) is 4.99 Å². The van der Waals surface area contributed by atoms with Gasteiger partial charge in [0.2, 0.25) is 5.96 Å². The first kappa shape index (κ1) is 16.3. The van der Waals surface area contributed by atoms with Gasteiger partial charge in [-0.1, -0.05) is 17.7 Å². The molecule has 0 atom stereocenters. The second-order valence-corrected chi connectivity index (χ2v) is 4.95. The van der Waals surface area contributed by atoms with Gasteiger partial charge in [-0.2, -0.15) is 4.99 Å². The third-order valence-electron chi connectivity index (χ3n) is 2.70. The number of rotatable bonds is 3. The van der Waals surface area contributed by atoms with Crippen LogP contribution >= 0.6 is 11.6 Å². The van der Waals surface area contributed by atoms with E-state index in [1.54, 1.807) is 48.5 Å². The van der Waals surface area contributed by atoms with Gasteiger partial charge in [-0.3, -0.25) is 4.79 Å². The summed E-state index contributed by atoms with van der Waals surface area (Å²) in [5, 5.41) is 3.25. The molecule has 0 saturated carbocycles. The Kier molecular flexibility index (Phi) is 5.16. The van der Waals surface area contributed by atoms with Gasteiger partial charge >= 0.3 is 0 Å². The van der Waals surface area contributed by atoms with Gasteiger partial charge in [0.15, 0.2) is 5.96 Å². The molecule has 0 unspecified atom stereocenters. The first-order valence-corrected chi connectivity index (χ1v) is 6.92. The zero-order valence-corrected chi connectivity index (χ0v) is 12.8. The smallest absolute Gasteiger partial charge is 0.255 e. The van der Waals surface area contributed by atoms with E-state index >= 15 is 0 Å². The first-order chi connectivity index (χ1) is 10.9. The molecule has 2 rings (SSSR count). The lowest BCUT2D eigenvalue weighted by Crippen LogP contribution is -2.26. The van der Waals surface area contributed by atoms with Crippen LogP contribution in [0.2, 0.25) is 5.02 Å². The summed E-state index contributed by atoms with van der Waals surface area (Å²) in [6, 6.07) is 13.4. The fourth-order valence-corrected chi connectivity index (χ4v) is 1.93. The van der Waals surface area contributed by atoms with Crippen LogP contribution in [0.4, 0.5) is 11.4 Å². The molecular weight excluding hydrogens is 316 g/mol. The second kappa shape index (κ2) is 7.28. The van der Waals surface area contributed by atoms with Gasteiger partial charge in [0.25, 0.3) is 5.91 Å². The number of guanidine groups is 2. The van der Waals surface area contributed by atoms with Gasteiger partial charge in [0, 0.05) is 16.3 Å². The third kappa shape index (κ3) is 5.01. The number of nitrogens with one attached hydrogen (secondary N) is 1. The average Bonchev–Trinajstić information content (AvgIpc) is 2.48. The van der Waals surface area contributed by atoms with E-state index in [9.17, 15) is 4.79 Å². The summed E-state index contributed by atoms with van der Waals surface area (Å²) in [6.45, 7) is 0. The molecule has 2 aromatic rings. The molecule has 0 fully saturated rings. The predicted molar refractivity (Wildman–Crippen MR) is 92.9 cm³/mol. The number of nitrogens with two attached hydrogens (primary N) is 3. The number of hydrogen-bond acceptors (Lipinski definition) is 2. The average molecular weight is 331 g/mol. The van der Waals surface area contributed by atoms with E-state index in [-0.39, 0.29) is 17.8 Å². The highest BCUT2D eigenvalue weighted by Gasteiger charge is 2.06. The summed E-state index contributed by atoms with van der Waals surface area (Å²) in [4.78, 5) is 19.7. The SMILES string of the molecule is NC(N)=NC(N)=Nc1ccc(NC(=O)c2cccc(Cl)c2)cc1. The van der Waals surface area contributed by atoms with Crippen molar-refractivity contribution in [1.82, 2.24) is 0 Å². The van der Waals surface area contributed by atoms with Gasteiger partial charge in [-0.15, -0.1) is 0 Å². The predicted octanol–water partition coefficient (Wildman–Crippen LogP) is 1.81. The Morgan fingerprint density at radius 3 is 2.35 bits per heavy atom. The highest BCUT2D eigenvalue weighted by molar-refractivity contribution is 6.31. The number of carbonyl (C=O) groups is 1. The maximum absolute atomic E-state index is 12.1. The van der Waals surface area contributed by atoms with Crippen LogP contribution in [-0.2, 0) is 0 Å². The first-order valence-electron chi connectivity index (χ1n) is 6.55. The number of hydrogen-bond donors (Lipinski definition) is 4. The summed E-state index contributed by atoms with van der Waals surface area (Å²) in [7, 11) is 0. The largest absolute Gasteiger partial charge is 0.370 e. The topological polar surface area (TPSA) is 132 Å². The van der Waals surface area contributed by atoms with Crippen LogP contribution in [0, 0.1) is 0 Å². The number of amides is 1. The molecule has 7 nitrogen and oxygen atoms in total. The maximum Gasteiger partial charge on any atom is 0.255 e. The van der Waals surface area contributed by atoms with Crippen molar-refractivity contribution < 1.29 is 4.79 Å². The fraction of sp³-hybridized carbons (Fsp3) is 0. The zero-order valence-electron chi connectivity index (χ0n) is 12.0. The normalized spacial score (nSPS) is 10.9. The van der Waals surface area contributed by atoms with E-state index in [1.807, 2.05) is 0 Å². The Hall–Kier alpha value is -3.06. The third-order valence-corrected chi connectivity index (χ3v) is 2.93. The molecule has 0 aliphatic heterocycles. The highest BCUT2D eigenvalue weighted by Crippen LogP contribution is 2.18. The second-order valence-electron chi connectivity index (χ2n) is 4.52. The van der Waals surface area contributed by atoms with Crippen molar-refractivity contribution in [3.05, 3.63) is 59.1 Å². The zero-order chi connectivity index (χ0) is 16.8. The summed E-state index contributed by atoms with van der Waals surface area (Å²) < 4.78 is 0. The van der Waals surface area contributed by atoms with Gasteiger partial charge < -0.3 is 22.5 Å². The lowest BCUT2D eigenvalue weighted by molar-refractivity contribution is 0.102. The van der Waals surface area contributed by atoms with E-state index in [2.05, 4.69) is 15.3 Å². The van der Waals surface area contributed by atoms with Crippen molar-refractivity contribution in [3.63, 3.8) is 0 Å². The molecule has 0 spiro atoms. The monoisotopic (exact) mass is 330 g/mol. The summed E-state index contributed by atoms with van der Waals surface area (Å²) in [5.41, 5.74) is 17.6. The molecule has 2 aromatic carbocycles. The minimum absolute atomic E-state index is 0.0549. The number of carbonyl (C=O) groups excluding carboxylic acids is 1. The molecule has 0 saturated heterocycles. The molecular formula is C15H15ClN6O. The van der Waals surface area contributed by atoms with Crippen molar-refractivity contribution in [3.8, 4) is 0 Å². The van der Waals surface area contributed by atoms with Crippen LogP contribution in [0.25, 0.3) is 0 Å². The molecule has 23 heavy (non-hydrogen) atoms. The number of halogens is 1. The fourth-order valence-electron chi connectivity index (χ4n) is 1.74. The summed E-state index contributed by atoms with van der Waals surface area (Å²) in [6.07, 6.45) is 0. The Balaban J connectivity index is 2.08. The van der Waals surface area contributed by atoms with Crippen molar-refractivity contribution in [2.75, 3.05) is 5.32 Å². The molecule has 0 heterocycles. The van der Waals surface area contributed by atoms with Crippen molar-refractivity contribution in [2.24, 2.45) is 27.2 Å². The van der Waals surface area contributed by atoms with Crippen LogP contribution in [0.5, 0.6) is 0 Å². The number of benzene rings is 2. The van der Waals surface area contributed by atoms with Crippen molar-refractivity contribution in [1.29, 1.82) is 0 Å². The van der Waals surface area contributed by atoms with Crippen LogP contribution in [0.1, 0.15) is 10.4 Å². The summed E-state index contributed by atoms with van der Waals surface area (Å²) >= 11 is 5.86. The molecule has 8 heteroatoms. The molecule has 7 N–H and O–H groups in total. The minimum atomic E-state index is -0.260. The Morgan fingerprint density at radius 2 is 1.74 bits per heavy atom. The number of aliphatic imine (C=N–C) groups is 2. The Bertz CT molecular complexity index is 766. The van der Waals surface area contributed by atoms with Crippen LogP contribution < -0.4 is 22.5 Å². The van der Waals surface area contributed by atoms with Gasteiger partial charge in [0.1, 0.15) is 0 Å². The minimum Gasteiger partial charge on any atom is -0.370 e. The Morgan fingerprint density at radius 1 is 1.04 bits per heavy atom. The quantitative estimate of drug-likeness (QED) is 0.504.